The highest BCUT2D eigenvalue weighted by molar-refractivity contribution is 7.99. The second-order valence-electron chi connectivity index (χ2n) is 5.00. The van der Waals surface area contributed by atoms with Crippen LogP contribution in [0.4, 0.5) is 11.8 Å². The van der Waals surface area contributed by atoms with Gasteiger partial charge in [-0.15, -0.1) is 0 Å². The molecule has 0 aliphatic rings. The van der Waals surface area contributed by atoms with Crippen molar-refractivity contribution in [3.63, 3.8) is 0 Å². The molecule has 118 valence electrons. The van der Waals surface area contributed by atoms with Crippen molar-refractivity contribution >= 4 is 35.1 Å². The molecule has 0 radical (unpaired) electrons. The third-order valence-electron chi connectivity index (χ3n) is 2.93. The SMILES string of the molecule is CC(CO)(CO)Nc1nc(N)ncc1Sc1ccc(Cl)cc1. The van der Waals surface area contributed by atoms with Gasteiger partial charge in [0.1, 0.15) is 5.82 Å². The molecule has 2 aromatic rings. The Morgan fingerprint density at radius 3 is 2.50 bits per heavy atom. The number of anilines is 2. The van der Waals surface area contributed by atoms with Gasteiger partial charge in [0.25, 0.3) is 0 Å². The number of nitrogens with two attached hydrogens (primary N) is 1. The van der Waals surface area contributed by atoms with Gasteiger partial charge >= 0.3 is 0 Å². The number of aromatic nitrogens is 2. The summed E-state index contributed by atoms with van der Waals surface area (Å²) in [7, 11) is 0. The molecule has 5 N–H and O–H groups in total. The molecule has 0 spiro atoms. The summed E-state index contributed by atoms with van der Waals surface area (Å²) >= 11 is 7.30. The first-order valence-corrected chi connectivity index (χ1v) is 7.71. The largest absolute Gasteiger partial charge is 0.394 e. The van der Waals surface area contributed by atoms with E-state index in [-0.39, 0.29) is 19.2 Å². The first-order chi connectivity index (χ1) is 10.5. The zero-order chi connectivity index (χ0) is 16.2. The Morgan fingerprint density at radius 1 is 1.27 bits per heavy atom. The lowest BCUT2D eigenvalue weighted by Gasteiger charge is -2.27. The van der Waals surface area contributed by atoms with Crippen LogP contribution in [0.1, 0.15) is 6.92 Å². The van der Waals surface area contributed by atoms with Gasteiger partial charge in [0.15, 0.2) is 0 Å². The standard InChI is InChI=1S/C14H17ClN4O2S/c1-14(7-20,8-21)19-12-11(6-17-13(16)18-12)22-10-4-2-9(15)3-5-10/h2-6,20-21H,7-8H2,1H3,(H3,16,17,18,19). The van der Waals surface area contributed by atoms with Crippen molar-refractivity contribution in [3.05, 3.63) is 35.5 Å². The number of halogens is 1. The molecule has 0 amide bonds. The van der Waals surface area contributed by atoms with Crippen LogP contribution in [0, 0.1) is 0 Å². The Labute approximate surface area is 137 Å². The maximum Gasteiger partial charge on any atom is 0.221 e. The summed E-state index contributed by atoms with van der Waals surface area (Å²) in [4.78, 5) is 9.82. The minimum absolute atomic E-state index is 0.112. The first kappa shape index (κ1) is 16.8. The fraction of sp³-hybridized carbons (Fsp3) is 0.286. The van der Waals surface area contributed by atoms with Crippen molar-refractivity contribution in [2.75, 3.05) is 24.3 Å². The molecular formula is C14H17ClN4O2S. The number of hydrogen-bond acceptors (Lipinski definition) is 7. The van der Waals surface area contributed by atoms with E-state index in [2.05, 4.69) is 15.3 Å². The molecule has 22 heavy (non-hydrogen) atoms. The molecule has 0 atom stereocenters. The molecule has 0 unspecified atom stereocenters. The van der Waals surface area contributed by atoms with Gasteiger partial charge in [-0.2, -0.15) is 4.98 Å². The zero-order valence-corrected chi connectivity index (χ0v) is 13.5. The van der Waals surface area contributed by atoms with Crippen molar-refractivity contribution in [1.29, 1.82) is 0 Å². The monoisotopic (exact) mass is 340 g/mol. The Morgan fingerprint density at radius 2 is 1.91 bits per heavy atom. The van der Waals surface area contributed by atoms with Gasteiger partial charge in [-0.3, -0.25) is 0 Å². The van der Waals surface area contributed by atoms with Crippen LogP contribution in [-0.2, 0) is 0 Å². The Bertz CT molecular complexity index is 635. The number of nitrogen functional groups attached to an aromatic ring is 1. The van der Waals surface area contributed by atoms with Crippen molar-refractivity contribution in [3.8, 4) is 0 Å². The highest BCUT2D eigenvalue weighted by atomic mass is 35.5. The van der Waals surface area contributed by atoms with Gasteiger partial charge in [0, 0.05) is 16.1 Å². The van der Waals surface area contributed by atoms with Gasteiger partial charge in [-0.25, -0.2) is 4.98 Å². The van der Waals surface area contributed by atoms with Crippen LogP contribution in [0.2, 0.25) is 5.02 Å². The quantitative estimate of drug-likeness (QED) is 0.637. The molecule has 0 bridgehead atoms. The Kier molecular flexibility index (Phi) is 5.47. The van der Waals surface area contributed by atoms with E-state index in [1.165, 1.54) is 11.8 Å². The van der Waals surface area contributed by atoms with E-state index in [1.54, 1.807) is 25.3 Å². The van der Waals surface area contributed by atoms with E-state index in [0.29, 0.717) is 10.8 Å². The molecule has 0 saturated heterocycles. The predicted molar refractivity (Wildman–Crippen MR) is 88.2 cm³/mol. The summed E-state index contributed by atoms with van der Waals surface area (Å²) in [5.74, 6) is 0.569. The van der Waals surface area contributed by atoms with Crippen LogP contribution in [0.15, 0.2) is 40.3 Å². The van der Waals surface area contributed by atoms with Gasteiger partial charge in [-0.05, 0) is 31.2 Å². The average molecular weight is 341 g/mol. The molecule has 1 aromatic carbocycles. The first-order valence-electron chi connectivity index (χ1n) is 6.51. The predicted octanol–water partition coefficient (Wildman–Crippen LogP) is 2.02. The fourth-order valence-corrected chi connectivity index (χ4v) is 2.54. The summed E-state index contributed by atoms with van der Waals surface area (Å²) in [5.41, 5.74) is 4.72. The lowest BCUT2D eigenvalue weighted by atomic mass is 10.1. The lowest BCUT2D eigenvalue weighted by Crippen LogP contribution is -2.43. The molecule has 6 nitrogen and oxygen atoms in total. The van der Waals surface area contributed by atoms with Crippen LogP contribution in [0.25, 0.3) is 0 Å². The summed E-state index contributed by atoms with van der Waals surface area (Å²) in [5, 5.41) is 22.5. The van der Waals surface area contributed by atoms with Gasteiger partial charge in [0.05, 0.1) is 23.6 Å². The average Bonchev–Trinajstić information content (AvgIpc) is 2.52. The van der Waals surface area contributed by atoms with Gasteiger partial charge < -0.3 is 21.3 Å². The van der Waals surface area contributed by atoms with Crippen LogP contribution in [-0.4, -0.2) is 38.9 Å². The Balaban J connectivity index is 2.29. The fourth-order valence-electron chi connectivity index (χ4n) is 1.59. The second kappa shape index (κ2) is 7.15. The number of nitrogens with zero attached hydrogens (tertiary/aromatic N) is 2. The van der Waals surface area contributed by atoms with Crippen molar-refractivity contribution in [2.45, 2.75) is 22.3 Å². The number of rotatable bonds is 6. The van der Waals surface area contributed by atoms with Crippen LogP contribution < -0.4 is 11.1 Å². The molecule has 0 aliphatic heterocycles. The number of aliphatic hydroxyl groups excluding tert-OH is 2. The Hall–Kier alpha value is -1.54. The number of aliphatic hydroxyl groups is 2. The summed E-state index contributed by atoms with van der Waals surface area (Å²) < 4.78 is 0. The van der Waals surface area contributed by atoms with E-state index in [0.717, 1.165) is 9.79 Å². The summed E-state index contributed by atoms with van der Waals surface area (Å²) in [6.07, 6.45) is 1.60. The molecule has 1 aromatic heterocycles. The van der Waals surface area contributed by atoms with Gasteiger partial charge in [0.2, 0.25) is 5.95 Å². The van der Waals surface area contributed by atoms with Gasteiger partial charge in [-0.1, -0.05) is 23.4 Å². The maximum absolute atomic E-state index is 9.41. The summed E-state index contributed by atoms with van der Waals surface area (Å²) in [6, 6.07) is 7.34. The number of hydrogen-bond donors (Lipinski definition) is 4. The van der Waals surface area contributed by atoms with E-state index in [1.807, 2.05) is 12.1 Å². The molecule has 8 heteroatoms. The van der Waals surface area contributed by atoms with E-state index in [4.69, 9.17) is 17.3 Å². The molecule has 2 rings (SSSR count). The maximum atomic E-state index is 9.41. The smallest absolute Gasteiger partial charge is 0.221 e. The van der Waals surface area contributed by atoms with E-state index in [9.17, 15) is 10.2 Å². The summed E-state index contributed by atoms with van der Waals surface area (Å²) in [6.45, 7) is 1.18. The molecule has 0 fully saturated rings. The minimum Gasteiger partial charge on any atom is -0.394 e. The lowest BCUT2D eigenvalue weighted by molar-refractivity contribution is 0.147. The third kappa shape index (κ3) is 4.23. The van der Waals surface area contributed by atoms with E-state index < -0.39 is 5.54 Å². The number of benzene rings is 1. The topological polar surface area (TPSA) is 104 Å². The van der Waals surface area contributed by atoms with Crippen molar-refractivity contribution in [2.24, 2.45) is 0 Å². The highest BCUT2D eigenvalue weighted by Crippen LogP contribution is 2.33. The van der Waals surface area contributed by atoms with Crippen molar-refractivity contribution in [1.82, 2.24) is 9.97 Å². The minimum atomic E-state index is -0.907. The normalized spacial score (nSPS) is 11.5. The third-order valence-corrected chi connectivity index (χ3v) is 4.21. The highest BCUT2D eigenvalue weighted by Gasteiger charge is 2.24. The second-order valence-corrected chi connectivity index (χ2v) is 6.55. The van der Waals surface area contributed by atoms with Crippen LogP contribution in [0.5, 0.6) is 0 Å². The molecular weight excluding hydrogens is 324 g/mol. The van der Waals surface area contributed by atoms with Crippen molar-refractivity contribution < 1.29 is 10.2 Å². The van der Waals surface area contributed by atoms with Crippen LogP contribution >= 0.6 is 23.4 Å². The van der Waals surface area contributed by atoms with E-state index >= 15 is 0 Å². The molecule has 0 saturated carbocycles. The molecule has 1 heterocycles. The molecule has 0 aliphatic carbocycles. The zero-order valence-electron chi connectivity index (χ0n) is 12.0. The van der Waals surface area contributed by atoms with Crippen LogP contribution in [0.3, 0.4) is 0 Å². The number of nitrogens with one attached hydrogen (secondary N) is 1.